The number of aryl methyl sites for hydroxylation is 1. The van der Waals surface area contributed by atoms with E-state index >= 15 is 0 Å². The van der Waals surface area contributed by atoms with Crippen molar-refractivity contribution in [3.05, 3.63) is 68.4 Å². The third-order valence-corrected chi connectivity index (χ3v) is 6.15. The molecule has 0 radical (unpaired) electrons. The SMILES string of the molecule is Cc1nc(-c2ccc(C(F)(F)F)nc2)sc1C(OCc1ccc(C#N)c(Br)c1)C(F)(F)F. The summed E-state index contributed by atoms with van der Waals surface area (Å²) in [6.07, 6.45) is -10.7. The van der Waals surface area contributed by atoms with Crippen LogP contribution in [0.15, 0.2) is 41.0 Å². The number of thiazole rings is 1. The van der Waals surface area contributed by atoms with Crippen molar-refractivity contribution in [3.8, 4) is 16.6 Å². The van der Waals surface area contributed by atoms with E-state index in [4.69, 9.17) is 10.00 Å². The summed E-state index contributed by atoms with van der Waals surface area (Å²) in [5.41, 5.74) is -0.156. The molecular weight excluding hydrogens is 524 g/mol. The van der Waals surface area contributed by atoms with E-state index in [0.717, 1.165) is 18.3 Å². The van der Waals surface area contributed by atoms with Gasteiger partial charge in [0.25, 0.3) is 0 Å². The van der Waals surface area contributed by atoms with Gasteiger partial charge in [-0.25, -0.2) is 4.98 Å². The molecule has 12 heteroatoms. The first-order valence-corrected chi connectivity index (χ1v) is 10.4. The molecule has 2 heterocycles. The van der Waals surface area contributed by atoms with Crippen LogP contribution in [0.2, 0.25) is 0 Å². The number of nitrogens with zero attached hydrogens (tertiary/aromatic N) is 3. The summed E-state index contributed by atoms with van der Waals surface area (Å²) in [7, 11) is 0. The van der Waals surface area contributed by atoms with E-state index in [-0.39, 0.29) is 27.7 Å². The van der Waals surface area contributed by atoms with Crippen LogP contribution in [0, 0.1) is 18.3 Å². The minimum Gasteiger partial charge on any atom is -0.358 e. The molecule has 0 bridgehead atoms. The molecule has 0 aliphatic carbocycles. The molecule has 0 spiro atoms. The molecule has 0 N–H and O–H groups in total. The second kappa shape index (κ2) is 9.17. The number of rotatable bonds is 5. The normalized spacial score (nSPS) is 13.1. The zero-order valence-electron chi connectivity index (χ0n) is 16.1. The first-order valence-electron chi connectivity index (χ1n) is 8.78. The minimum atomic E-state index is -4.75. The van der Waals surface area contributed by atoms with Crippen LogP contribution in [0.3, 0.4) is 0 Å². The highest BCUT2D eigenvalue weighted by Gasteiger charge is 2.44. The van der Waals surface area contributed by atoms with Crippen molar-refractivity contribution in [3.63, 3.8) is 0 Å². The topological polar surface area (TPSA) is 58.8 Å². The van der Waals surface area contributed by atoms with Gasteiger partial charge >= 0.3 is 12.4 Å². The van der Waals surface area contributed by atoms with Gasteiger partial charge < -0.3 is 4.74 Å². The number of benzene rings is 1. The number of aromatic nitrogens is 2. The number of halogens is 7. The average molecular weight is 536 g/mol. The van der Waals surface area contributed by atoms with E-state index in [1.807, 2.05) is 6.07 Å². The Balaban J connectivity index is 1.87. The monoisotopic (exact) mass is 535 g/mol. The number of pyridine rings is 1. The van der Waals surface area contributed by atoms with Gasteiger partial charge in [-0.1, -0.05) is 6.07 Å². The molecule has 1 unspecified atom stereocenters. The molecule has 168 valence electrons. The largest absolute Gasteiger partial charge is 0.433 e. The van der Waals surface area contributed by atoms with Crippen molar-refractivity contribution in [1.82, 2.24) is 9.97 Å². The van der Waals surface area contributed by atoms with Crippen molar-refractivity contribution in [1.29, 1.82) is 5.26 Å². The molecule has 0 amide bonds. The zero-order valence-corrected chi connectivity index (χ0v) is 18.5. The second-order valence-corrected chi connectivity index (χ2v) is 8.44. The highest BCUT2D eigenvalue weighted by atomic mass is 79.9. The van der Waals surface area contributed by atoms with Crippen molar-refractivity contribution in [2.45, 2.75) is 32.0 Å². The number of ether oxygens (including phenoxy) is 1. The lowest BCUT2D eigenvalue weighted by Crippen LogP contribution is -2.23. The number of alkyl halides is 6. The van der Waals surface area contributed by atoms with E-state index in [0.29, 0.717) is 26.9 Å². The van der Waals surface area contributed by atoms with Crippen molar-refractivity contribution in [2.24, 2.45) is 0 Å². The van der Waals surface area contributed by atoms with Crippen molar-refractivity contribution in [2.75, 3.05) is 0 Å². The van der Waals surface area contributed by atoms with Crippen LogP contribution in [0.1, 0.15) is 33.5 Å². The molecule has 4 nitrogen and oxygen atoms in total. The maximum absolute atomic E-state index is 13.7. The zero-order chi connectivity index (χ0) is 23.7. The van der Waals surface area contributed by atoms with Gasteiger partial charge in [-0.05, 0) is 52.7 Å². The molecule has 0 aliphatic heterocycles. The predicted molar refractivity (Wildman–Crippen MR) is 108 cm³/mol. The molecule has 3 aromatic rings. The maximum Gasteiger partial charge on any atom is 0.433 e. The lowest BCUT2D eigenvalue weighted by atomic mass is 10.1. The lowest BCUT2D eigenvalue weighted by Gasteiger charge is -2.20. The molecule has 0 fully saturated rings. The molecular formula is C20H12BrF6N3OS. The minimum absolute atomic E-state index is 0.0493. The Kier molecular flexibility index (Phi) is 6.92. The molecule has 0 aliphatic rings. The van der Waals surface area contributed by atoms with Gasteiger partial charge in [0.2, 0.25) is 0 Å². The fraction of sp³-hybridized carbons (Fsp3) is 0.250. The standard InChI is InChI=1S/C20H12BrF6N3OS/c1-10-16(32-18(30-10)13-4-5-15(29-8-13)19(22,23)24)17(20(25,26)27)31-9-11-2-3-12(7-28)14(21)6-11/h2-6,8,17H,9H2,1H3. The Morgan fingerprint density at radius 1 is 1.16 bits per heavy atom. The number of hydrogen-bond donors (Lipinski definition) is 0. The summed E-state index contributed by atoms with van der Waals surface area (Å²) in [6.45, 7) is 0.982. The maximum atomic E-state index is 13.7. The van der Waals surface area contributed by atoms with Crippen LogP contribution in [0.25, 0.3) is 10.6 Å². The average Bonchev–Trinajstić information content (AvgIpc) is 3.08. The molecule has 32 heavy (non-hydrogen) atoms. The van der Waals surface area contributed by atoms with Crippen LogP contribution >= 0.6 is 27.3 Å². The Morgan fingerprint density at radius 3 is 2.41 bits per heavy atom. The molecule has 1 atom stereocenters. The summed E-state index contributed by atoms with van der Waals surface area (Å²) in [5.74, 6) is 0. The van der Waals surface area contributed by atoms with Gasteiger partial charge in [-0.2, -0.15) is 31.6 Å². The molecule has 1 aromatic carbocycles. The number of hydrogen-bond acceptors (Lipinski definition) is 5. The van der Waals surface area contributed by atoms with Gasteiger partial charge in [-0.3, -0.25) is 4.98 Å². The van der Waals surface area contributed by atoms with Crippen LogP contribution in [-0.2, 0) is 17.5 Å². The Bertz CT molecular complexity index is 1150. The summed E-state index contributed by atoms with van der Waals surface area (Å²) in [5, 5.41) is 9.03. The van der Waals surface area contributed by atoms with Gasteiger partial charge in [0, 0.05) is 16.2 Å². The van der Waals surface area contributed by atoms with E-state index in [2.05, 4.69) is 25.9 Å². The Hall–Kier alpha value is -2.49. The fourth-order valence-electron chi connectivity index (χ4n) is 2.70. The van der Waals surface area contributed by atoms with Crippen molar-refractivity contribution < 1.29 is 31.1 Å². The predicted octanol–water partition coefficient (Wildman–Crippen LogP) is 6.99. The lowest BCUT2D eigenvalue weighted by molar-refractivity contribution is -0.226. The van der Waals surface area contributed by atoms with Crippen LogP contribution in [0.5, 0.6) is 0 Å². The summed E-state index contributed by atoms with van der Waals surface area (Å²) in [6, 6.07) is 8.21. The van der Waals surface area contributed by atoms with Crippen molar-refractivity contribution >= 4 is 27.3 Å². The third kappa shape index (κ3) is 5.46. The Morgan fingerprint density at radius 2 is 1.88 bits per heavy atom. The summed E-state index contributed by atoms with van der Waals surface area (Å²) < 4.78 is 84.9. The molecule has 0 saturated heterocycles. The van der Waals surface area contributed by atoms with E-state index < -0.39 is 24.2 Å². The van der Waals surface area contributed by atoms with Gasteiger partial charge in [0.05, 0.1) is 22.7 Å². The highest BCUT2D eigenvalue weighted by molar-refractivity contribution is 9.10. The molecule has 3 rings (SSSR count). The highest BCUT2D eigenvalue weighted by Crippen LogP contribution is 2.42. The summed E-state index contributed by atoms with van der Waals surface area (Å²) >= 11 is 3.85. The first-order chi connectivity index (χ1) is 14.9. The molecule has 0 saturated carbocycles. The quantitative estimate of drug-likeness (QED) is 0.330. The summed E-state index contributed by atoms with van der Waals surface area (Å²) in [4.78, 5) is 7.18. The smallest absolute Gasteiger partial charge is 0.358 e. The van der Waals surface area contributed by atoms with E-state index in [9.17, 15) is 26.3 Å². The second-order valence-electron chi connectivity index (χ2n) is 6.56. The van der Waals surface area contributed by atoms with Gasteiger partial charge in [-0.15, -0.1) is 11.3 Å². The van der Waals surface area contributed by atoms with Gasteiger partial charge in [0.1, 0.15) is 16.8 Å². The number of nitriles is 1. The fourth-order valence-corrected chi connectivity index (χ4v) is 4.35. The van der Waals surface area contributed by atoms with E-state index in [1.165, 1.54) is 25.1 Å². The molecule has 2 aromatic heterocycles. The third-order valence-electron chi connectivity index (χ3n) is 4.24. The van der Waals surface area contributed by atoms with Crippen LogP contribution in [-0.4, -0.2) is 16.1 Å². The van der Waals surface area contributed by atoms with Crippen LogP contribution < -0.4 is 0 Å². The van der Waals surface area contributed by atoms with Gasteiger partial charge in [0.15, 0.2) is 6.10 Å². The van der Waals surface area contributed by atoms with Crippen LogP contribution in [0.4, 0.5) is 26.3 Å². The Labute approximate surface area is 190 Å². The van der Waals surface area contributed by atoms with E-state index in [1.54, 1.807) is 0 Å². The first kappa shape index (κ1) is 24.2.